The van der Waals surface area contributed by atoms with Gasteiger partial charge in [0, 0.05) is 18.5 Å². The van der Waals surface area contributed by atoms with Crippen LogP contribution in [0.15, 0.2) is 10.7 Å². The van der Waals surface area contributed by atoms with E-state index in [1.807, 2.05) is 0 Å². The van der Waals surface area contributed by atoms with Crippen LogP contribution in [0, 0.1) is 6.92 Å². The first-order chi connectivity index (χ1) is 8.25. The largest absolute Gasteiger partial charge is 0.361 e. The summed E-state index contributed by atoms with van der Waals surface area (Å²) >= 11 is 1.14. The number of carbonyl (C=O) groups is 1. The van der Waals surface area contributed by atoms with Crippen LogP contribution in [0.25, 0.3) is 0 Å². The molecular weight excluding hydrogens is 240 g/mol. The molecule has 0 radical (unpaired) electrons. The van der Waals surface area contributed by atoms with Crippen LogP contribution in [0.4, 0.5) is 0 Å². The van der Waals surface area contributed by atoms with Crippen molar-refractivity contribution >= 4 is 17.4 Å². The molecule has 0 saturated carbocycles. The first-order valence-corrected chi connectivity index (χ1v) is 6.03. The molecular formula is C10H10N4O2S. The van der Waals surface area contributed by atoms with Gasteiger partial charge in [-0.05, 0) is 18.5 Å². The Kier molecular flexibility index (Phi) is 2.40. The van der Waals surface area contributed by atoms with Gasteiger partial charge in [-0.2, -0.15) is 0 Å². The molecule has 17 heavy (non-hydrogen) atoms. The molecule has 2 aromatic heterocycles. The fourth-order valence-corrected chi connectivity index (χ4v) is 2.51. The predicted molar refractivity (Wildman–Crippen MR) is 59.6 cm³/mol. The van der Waals surface area contributed by atoms with Crippen molar-refractivity contribution in [2.24, 2.45) is 0 Å². The molecule has 88 valence electrons. The van der Waals surface area contributed by atoms with E-state index in [-0.39, 0.29) is 5.91 Å². The number of aromatic nitrogens is 3. The second-order valence-corrected chi connectivity index (χ2v) is 4.69. The maximum Gasteiger partial charge on any atom is 0.267 e. The Labute approximate surface area is 101 Å². The summed E-state index contributed by atoms with van der Waals surface area (Å²) in [6.45, 7) is 3.00. The topological polar surface area (TPSA) is 72.1 Å². The number of fused-ring (bicyclic) bond motifs is 1. The van der Waals surface area contributed by atoms with E-state index in [1.165, 1.54) is 0 Å². The highest BCUT2D eigenvalue weighted by molar-refractivity contribution is 7.07. The number of hydrogen-bond donors (Lipinski definition) is 0. The molecule has 0 aliphatic carbocycles. The molecule has 1 aliphatic rings. The molecule has 0 spiro atoms. The zero-order chi connectivity index (χ0) is 11.8. The van der Waals surface area contributed by atoms with Gasteiger partial charge in [0.2, 0.25) is 0 Å². The Morgan fingerprint density at radius 2 is 2.47 bits per heavy atom. The number of amides is 1. The first kappa shape index (κ1) is 10.4. The van der Waals surface area contributed by atoms with Crippen molar-refractivity contribution in [1.29, 1.82) is 0 Å². The minimum absolute atomic E-state index is 0.00986. The van der Waals surface area contributed by atoms with Crippen LogP contribution in [0.3, 0.4) is 0 Å². The van der Waals surface area contributed by atoms with Gasteiger partial charge >= 0.3 is 0 Å². The van der Waals surface area contributed by atoms with Crippen molar-refractivity contribution in [2.45, 2.75) is 19.9 Å². The maximum atomic E-state index is 12.2. The third-order valence-corrected chi connectivity index (χ3v) is 3.65. The molecule has 0 saturated heterocycles. The lowest BCUT2D eigenvalue weighted by Crippen LogP contribution is -2.35. The molecule has 7 heteroatoms. The Balaban J connectivity index is 1.84. The number of hydrogen-bond acceptors (Lipinski definition) is 6. The quantitative estimate of drug-likeness (QED) is 0.756. The van der Waals surface area contributed by atoms with Crippen LogP contribution in [0.5, 0.6) is 0 Å². The molecule has 3 rings (SSSR count). The van der Waals surface area contributed by atoms with Gasteiger partial charge in [0.25, 0.3) is 5.91 Å². The lowest BCUT2D eigenvalue weighted by Gasteiger charge is -2.24. The lowest BCUT2D eigenvalue weighted by molar-refractivity contribution is 0.0733. The van der Waals surface area contributed by atoms with E-state index in [4.69, 9.17) is 4.52 Å². The summed E-state index contributed by atoms with van der Waals surface area (Å²) in [5.41, 5.74) is 1.68. The van der Waals surface area contributed by atoms with Gasteiger partial charge in [0.05, 0.1) is 18.4 Å². The van der Waals surface area contributed by atoms with Gasteiger partial charge in [0.1, 0.15) is 10.6 Å². The minimum atomic E-state index is -0.00986. The average molecular weight is 250 g/mol. The average Bonchev–Trinajstić information content (AvgIpc) is 2.95. The summed E-state index contributed by atoms with van der Waals surface area (Å²) in [7, 11) is 0. The maximum absolute atomic E-state index is 12.2. The summed E-state index contributed by atoms with van der Waals surface area (Å²) in [6.07, 6.45) is 2.39. The highest BCUT2D eigenvalue weighted by Gasteiger charge is 2.26. The predicted octanol–water partition coefficient (Wildman–Crippen LogP) is 1.03. The van der Waals surface area contributed by atoms with E-state index >= 15 is 0 Å². The third-order valence-electron chi connectivity index (χ3n) is 2.83. The first-order valence-electron chi connectivity index (χ1n) is 5.26. The highest BCUT2D eigenvalue weighted by atomic mass is 32.1. The van der Waals surface area contributed by atoms with Gasteiger partial charge in [-0.1, -0.05) is 9.64 Å². The second kappa shape index (κ2) is 3.92. The number of carbonyl (C=O) groups excluding carboxylic acids is 1. The van der Waals surface area contributed by atoms with Gasteiger partial charge < -0.3 is 9.42 Å². The molecule has 6 nitrogen and oxygen atoms in total. The van der Waals surface area contributed by atoms with Crippen molar-refractivity contribution < 1.29 is 9.32 Å². The fraction of sp³-hybridized carbons (Fsp3) is 0.400. The van der Waals surface area contributed by atoms with Gasteiger partial charge in [-0.25, -0.2) is 0 Å². The number of nitrogens with zero attached hydrogens (tertiary/aromatic N) is 4. The summed E-state index contributed by atoms with van der Waals surface area (Å²) in [5.74, 6) is 0.873. The van der Waals surface area contributed by atoms with Crippen molar-refractivity contribution in [3.63, 3.8) is 0 Å². The molecule has 0 bridgehead atoms. The van der Waals surface area contributed by atoms with Crippen molar-refractivity contribution in [3.8, 4) is 0 Å². The van der Waals surface area contributed by atoms with Crippen molar-refractivity contribution in [1.82, 2.24) is 19.6 Å². The lowest BCUT2D eigenvalue weighted by atomic mass is 10.1. The molecule has 3 heterocycles. The van der Waals surface area contributed by atoms with Crippen LogP contribution in [0.2, 0.25) is 0 Å². The van der Waals surface area contributed by atoms with Crippen LogP contribution in [-0.4, -0.2) is 32.1 Å². The molecule has 0 fully saturated rings. The molecule has 0 unspecified atom stereocenters. The standard InChI is InChI=1S/C10H10N4O2S/c1-6-9(17-13-12-6)10(15)14-3-2-8-7(5-14)4-11-16-8/h4H,2-3,5H2,1H3. The summed E-state index contributed by atoms with van der Waals surface area (Å²) in [6, 6.07) is 0. The van der Waals surface area contributed by atoms with Gasteiger partial charge in [-0.3, -0.25) is 4.79 Å². The van der Waals surface area contributed by atoms with Crippen molar-refractivity contribution in [2.75, 3.05) is 6.54 Å². The summed E-state index contributed by atoms with van der Waals surface area (Å²) in [4.78, 5) is 14.6. The van der Waals surface area contributed by atoms with Gasteiger partial charge in [0.15, 0.2) is 0 Å². The van der Waals surface area contributed by atoms with Crippen LogP contribution >= 0.6 is 11.5 Å². The van der Waals surface area contributed by atoms with Gasteiger partial charge in [-0.15, -0.1) is 5.10 Å². The summed E-state index contributed by atoms with van der Waals surface area (Å²) < 4.78 is 8.87. The van der Waals surface area contributed by atoms with E-state index in [1.54, 1.807) is 18.0 Å². The molecule has 1 aliphatic heterocycles. The highest BCUT2D eigenvalue weighted by Crippen LogP contribution is 2.21. The Morgan fingerprint density at radius 1 is 1.59 bits per heavy atom. The van der Waals surface area contributed by atoms with E-state index in [2.05, 4.69) is 14.7 Å². The smallest absolute Gasteiger partial charge is 0.267 e. The summed E-state index contributed by atoms with van der Waals surface area (Å²) in [5, 5.41) is 7.60. The van der Waals surface area contributed by atoms with Crippen LogP contribution < -0.4 is 0 Å². The van der Waals surface area contributed by atoms with Crippen molar-refractivity contribution in [3.05, 3.63) is 28.1 Å². The SMILES string of the molecule is Cc1nnsc1C(=O)N1CCc2oncc2C1. The van der Waals surface area contributed by atoms with E-state index in [0.29, 0.717) is 30.1 Å². The zero-order valence-electron chi connectivity index (χ0n) is 9.21. The minimum Gasteiger partial charge on any atom is -0.361 e. The Hall–Kier alpha value is -1.76. The normalized spacial score (nSPS) is 14.8. The molecule has 0 N–H and O–H groups in total. The molecule has 1 amide bonds. The third kappa shape index (κ3) is 1.72. The molecule has 2 aromatic rings. The second-order valence-electron chi connectivity index (χ2n) is 3.94. The monoisotopic (exact) mass is 250 g/mol. The Morgan fingerprint density at radius 3 is 3.24 bits per heavy atom. The number of rotatable bonds is 1. The number of aryl methyl sites for hydroxylation is 1. The van der Waals surface area contributed by atoms with E-state index < -0.39 is 0 Å². The Bertz CT molecular complexity index is 562. The zero-order valence-corrected chi connectivity index (χ0v) is 10.0. The van der Waals surface area contributed by atoms with E-state index in [9.17, 15) is 4.79 Å². The fourth-order valence-electron chi connectivity index (χ4n) is 1.89. The van der Waals surface area contributed by atoms with Crippen LogP contribution in [-0.2, 0) is 13.0 Å². The van der Waals surface area contributed by atoms with E-state index in [0.717, 1.165) is 22.9 Å². The molecule has 0 aromatic carbocycles. The molecule has 0 atom stereocenters. The van der Waals surface area contributed by atoms with Crippen LogP contribution in [0.1, 0.15) is 26.7 Å².